The largest absolute Gasteiger partial charge is 0.390 e. The van der Waals surface area contributed by atoms with Crippen LogP contribution >= 0.6 is 0 Å². The molecule has 0 saturated carbocycles. The van der Waals surface area contributed by atoms with E-state index in [0.717, 1.165) is 43.9 Å². The van der Waals surface area contributed by atoms with Crippen molar-refractivity contribution in [2.75, 3.05) is 6.54 Å². The van der Waals surface area contributed by atoms with Crippen molar-refractivity contribution >= 4 is 0 Å². The summed E-state index contributed by atoms with van der Waals surface area (Å²) in [6.45, 7) is 5.51. The van der Waals surface area contributed by atoms with Crippen molar-refractivity contribution in [3.8, 4) is 6.07 Å². The fraction of sp³-hybridized carbons (Fsp3) is 0.500. The summed E-state index contributed by atoms with van der Waals surface area (Å²) in [6, 6.07) is 4.14. The molecule has 0 saturated heterocycles. The molecule has 0 amide bonds. The summed E-state index contributed by atoms with van der Waals surface area (Å²) in [4.78, 5) is 2.35. The standard InChI is InChI=1S/C16H21N5O/c1-3-21-16-4-5-20(10-14(16)15(11-22)18-21)9-12-6-13(7-17)19(2)8-12/h6,8,22H,3-5,9-11H2,1-2H3. The average Bonchev–Trinajstić information content (AvgIpc) is 3.06. The number of aliphatic hydroxyl groups excluding tert-OH is 1. The Morgan fingerprint density at radius 2 is 2.27 bits per heavy atom. The number of hydrogen-bond acceptors (Lipinski definition) is 4. The van der Waals surface area contributed by atoms with Gasteiger partial charge in [-0.2, -0.15) is 10.4 Å². The fourth-order valence-corrected chi connectivity index (χ4v) is 3.23. The van der Waals surface area contributed by atoms with Crippen LogP contribution in [0.25, 0.3) is 0 Å². The maximum absolute atomic E-state index is 9.52. The molecule has 1 aliphatic heterocycles. The van der Waals surface area contributed by atoms with Gasteiger partial charge in [-0.05, 0) is 18.6 Å². The Bertz CT molecular complexity index is 722. The Morgan fingerprint density at radius 3 is 2.91 bits per heavy atom. The van der Waals surface area contributed by atoms with Crippen LogP contribution in [0, 0.1) is 11.3 Å². The van der Waals surface area contributed by atoms with Gasteiger partial charge in [-0.25, -0.2) is 0 Å². The van der Waals surface area contributed by atoms with Crippen molar-refractivity contribution in [1.29, 1.82) is 5.26 Å². The second-order valence-electron chi connectivity index (χ2n) is 5.76. The van der Waals surface area contributed by atoms with Crippen molar-refractivity contribution < 1.29 is 5.11 Å². The lowest BCUT2D eigenvalue weighted by Crippen LogP contribution is -2.31. The predicted molar refractivity (Wildman–Crippen MR) is 81.8 cm³/mol. The highest BCUT2D eigenvalue weighted by Gasteiger charge is 2.24. The molecule has 0 aromatic carbocycles. The summed E-state index contributed by atoms with van der Waals surface area (Å²) >= 11 is 0. The van der Waals surface area contributed by atoms with E-state index in [1.165, 1.54) is 11.3 Å². The minimum Gasteiger partial charge on any atom is -0.390 e. The summed E-state index contributed by atoms with van der Waals surface area (Å²) in [7, 11) is 1.89. The van der Waals surface area contributed by atoms with Gasteiger partial charge in [0.2, 0.25) is 0 Å². The van der Waals surface area contributed by atoms with Crippen molar-refractivity contribution in [2.45, 2.75) is 39.6 Å². The minimum absolute atomic E-state index is 0.00685. The molecule has 0 radical (unpaired) electrons. The van der Waals surface area contributed by atoms with Gasteiger partial charge < -0.3 is 9.67 Å². The van der Waals surface area contributed by atoms with Crippen LogP contribution in [0.2, 0.25) is 0 Å². The van der Waals surface area contributed by atoms with E-state index >= 15 is 0 Å². The van der Waals surface area contributed by atoms with Crippen molar-refractivity contribution in [1.82, 2.24) is 19.2 Å². The highest BCUT2D eigenvalue weighted by molar-refractivity contribution is 5.30. The molecule has 116 valence electrons. The molecule has 22 heavy (non-hydrogen) atoms. The molecule has 0 bridgehead atoms. The van der Waals surface area contributed by atoms with Crippen LogP contribution in [0.5, 0.6) is 0 Å². The van der Waals surface area contributed by atoms with E-state index in [0.29, 0.717) is 5.69 Å². The Balaban J connectivity index is 1.79. The van der Waals surface area contributed by atoms with Gasteiger partial charge in [0.05, 0.1) is 12.3 Å². The Kier molecular flexibility index (Phi) is 4.01. The Morgan fingerprint density at radius 1 is 1.45 bits per heavy atom. The first-order chi connectivity index (χ1) is 10.7. The first-order valence-electron chi connectivity index (χ1n) is 7.62. The van der Waals surface area contributed by atoms with Crippen LogP contribution in [0.4, 0.5) is 0 Å². The zero-order valence-corrected chi connectivity index (χ0v) is 13.1. The van der Waals surface area contributed by atoms with Crippen LogP contribution in [0.3, 0.4) is 0 Å². The van der Waals surface area contributed by atoms with Crippen LogP contribution in [-0.4, -0.2) is 30.9 Å². The van der Waals surface area contributed by atoms with Gasteiger partial charge in [0, 0.05) is 57.1 Å². The molecule has 3 heterocycles. The lowest BCUT2D eigenvalue weighted by atomic mass is 10.0. The molecule has 0 unspecified atom stereocenters. The number of fused-ring (bicyclic) bond motifs is 1. The average molecular weight is 299 g/mol. The third-order valence-corrected chi connectivity index (χ3v) is 4.33. The molecule has 6 heteroatoms. The molecule has 6 nitrogen and oxygen atoms in total. The maximum atomic E-state index is 9.52. The molecule has 0 aliphatic carbocycles. The molecular formula is C16H21N5O. The van der Waals surface area contributed by atoms with E-state index in [1.807, 2.05) is 28.6 Å². The molecule has 1 N–H and O–H groups in total. The first kappa shape index (κ1) is 14.8. The van der Waals surface area contributed by atoms with Crippen molar-refractivity contribution in [2.24, 2.45) is 7.05 Å². The zero-order chi connectivity index (χ0) is 15.7. The quantitative estimate of drug-likeness (QED) is 0.920. The molecular weight excluding hydrogens is 278 g/mol. The molecule has 1 aliphatic rings. The number of nitrogens with zero attached hydrogens (tertiary/aromatic N) is 5. The summed E-state index contributed by atoms with van der Waals surface area (Å²) in [5, 5.41) is 23.1. The molecule has 2 aromatic rings. The Labute approximate surface area is 130 Å². The number of aryl methyl sites for hydroxylation is 2. The molecule has 0 spiro atoms. The summed E-state index contributed by atoms with van der Waals surface area (Å²) in [5.41, 5.74) is 5.06. The van der Waals surface area contributed by atoms with Gasteiger partial charge in [-0.15, -0.1) is 0 Å². The number of aliphatic hydroxyl groups is 1. The second kappa shape index (κ2) is 5.95. The van der Waals surface area contributed by atoms with E-state index in [1.54, 1.807) is 0 Å². The summed E-state index contributed by atoms with van der Waals surface area (Å²) in [6.07, 6.45) is 2.96. The smallest absolute Gasteiger partial charge is 0.120 e. The summed E-state index contributed by atoms with van der Waals surface area (Å²) in [5.74, 6) is 0. The molecule has 3 rings (SSSR count). The topological polar surface area (TPSA) is 70.0 Å². The second-order valence-corrected chi connectivity index (χ2v) is 5.76. The van der Waals surface area contributed by atoms with Crippen LogP contribution in [0.15, 0.2) is 12.3 Å². The lowest BCUT2D eigenvalue weighted by molar-refractivity contribution is 0.236. The van der Waals surface area contributed by atoms with E-state index in [9.17, 15) is 5.11 Å². The highest BCUT2D eigenvalue weighted by Crippen LogP contribution is 2.24. The van der Waals surface area contributed by atoms with Crippen molar-refractivity contribution in [3.63, 3.8) is 0 Å². The summed E-state index contributed by atoms with van der Waals surface area (Å²) < 4.78 is 3.87. The third kappa shape index (κ3) is 2.54. The number of nitriles is 1. The van der Waals surface area contributed by atoms with Crippen LogP contribution in [0.1, 0.15) is 35.1 Å². The molecule has 0 atom stereocenters. The fourth-order valence-electron chi connectivity index (χ4n) is 3.23. The number of aromatic nitrogens is 3. The Hall–Kier alpha value is -2.10. The van der Waals surface area contributed by atoms with E-state index in [2.05, 4.69) is 23.0 Å². The van der Waals surface area contributed by atoms with Crippen LogP contribution < -0.4 is 0 Å². The van der Waals surface area contributed by atoms with E-state index in [4.69, 9.17) is 5.26 Å². The van der Waals surface area contributed by atoms with E-state index < -0.39 is 0 Å². The van der Waals surface area contributed by atoms with Crippen molar-refractivity contribution in [3.05, 3.63) is 40.5 Å². The number of hydrogen-bond donors (Lipinski definition) is 1. The monoisotopic (exact) mass is 299 g/mol. The van der Waals surface area contributed by atoms with Gasteiger partial charge in [0.1, 0.15) is 11.8 Å². The SMILES string of the molecule is CCn1nc(CO)c2c1CCN(Cc1cc(C#N)n(C)c1)C2. The number of rotatable bonds is 4. The van der Waals surface area contributed by atoms with Gasteiger partial charge in [-0.1, -0.05) is 0 Å². The zero-order valence-electron chi connectivity index (χ0n) is 13.1. The molecule has 0 fully saturated rings. The van der Waals surface area contributed by atoms with Gasteiger partial charge in [0.25, 0.3) is 0 Å². The predicted octanol–water partition coefficient (Wildman–Crippen LogP) is 1.16. The molecule has 2 aromatic heterocycles. The van der Waals surface area contributed by atoms with Gasteiger partial charge >= 0.3 is 0 Å². The van der Waals surface area contributed by atoms with Gasteiger partial charge in [0.15, 0.2) is 0 Å². The minimum atomic E-state index is -0.00685. The highest BCUT2D eigenvalue weighted by atomic mass is 16.3. The van der Waals surface area contributed by atoms with Crippen LogP contribution in [-0.2, 0) is 39.7 Å². The van der Waals surface area contributed by atoms with E-state index in [-0.39, 0.29) is 6.61 Å². The lowest BCUT2D eigenvalue weighted by Gasteiger charge is -2.27. The normalized spacial score (nSPS) is 14.8. The van der Waals surface area contributed by atoms with Gasteiger partial charge in [-0.3, -0.25) is 9.58 Å². The first-order valence-corrected chi connectivity index (χ1v) is 7.62. The third-order valence-electron chi connectivity index (χ3n) is 4.33. The maximum Gasteiger partial charge on any atom is 0.120 e.